The van der Waals surface area contributed by atoms with Gasteiger partial charge in [0, 0.05) is 24.2 Å². The van der Waals surface area contributed by atoms with Crippen molar-refractivity contribution < 1.29 is 14.3 Å². The second-order valence-corrected chi connectivity index (χ2v) is 6.51. The molecular weight excluding hydrogens is 332 g/mol. The molecule has 3 rings (SSSR count). The highest BCUT2D eigenvalue weighted by Crippen LogP contribution is 2.33. The molecule has 1 aliphatic rings. The average Bonchev–Trinajstić information content (AvgIpc) is 3.33. The number of benzene rings is 1. The van der Waals surface area contributed by atoms with Crippen LogP contribution in [0.4, 0.5) is 10.6 Å². The van der Waals surface area contributed by atoms with Crippen molar-refractivity contribution in [3.05, 3.63) is 35.5 Å². The average molecular weight is 358 g/mol. The number of hydrogen-bond donors (Lipinski definition) is 3. The fourth-order valence-corrected chi connectivity index (χ4v) is 3.36. The predicted molar refractivity (Wildman–Crippen MR) is 100 cm³/mol. The molecule has 0 spiro atoms. The van der Waals surface area contributed by atoms with E-state index in [4.69, 9.17) is 9.47 Å². The molecule has 0 radical (unpaired) electrons. The van der Waals surface area contributed by atoms with Crippen LogP contribution in [0.5, 0.6) is 11.5 Å². The minimum Gasteiger partial charge on any atom is -0.493 e. The quantitative estimate of drug-likeness (QED) is 0.707. The fourth-order valence-electron chi connectivity index (χ4n) is 3.36. The molecule has 26 heavy (non-hydrogen) atoms. The van der Waals surface area contributed by atoms with Gasteiger partial charge in [-0.2, -0.15) is 5.10 Å². The first-order valence-electron chi connectivity index (χ1n) is 9.00. The number of nitrogens with zero attached hydrogens (tertiary/aromatic N) is 1. The van der Waals surface area contributed by atoms with E-state index in [9.17, 15) is 4.79 Å². The lowest BCUT2D eigenvalue weighted by Gasteiger charge is -2.10. The van der Waals surface area contributed by atoms with Crippen LogP contribution in [-0.2, 0) is 6.42 Å². The molecule has 0 saturated heterocycles. The molecule has 0 aliphatic heterocycles. The largest absolute Gasteiger partial charge is 0.493 e. The zero-order chi connectivity index (χ0) is 18.4. The number of amides is 2. The summed E-state index contributed by atoms with van der Waals surface area (Å²) in [5, 5.41) is 12.8. The molecule has 7 heteroatoms. The minimum absolute atomic E-state index is 0.255. The number of methoxy groups -OCH3 is 2. The second kappa shape index (κ2) is 8.60. The molecule has 1 aromatic carbocycles. The Hall–Kier alpha value is -2.70. The Labute approximate surface area is 153 Å². The van der Waals surface area contributed by atoms with Crippen LogP contribution in [-0.4, -0.2) is 37.0 Å². The molecule has 1 heterocycles. The summed E-state index contributed by atoms with van der Waals surface area (Å²) in [6.45, 7) is 0.515. The van der Waals surface area contributed by atoms with Gasteiger partial charge in [-0.3, -0.25) is 10.4 Å². The molecule has 0 bridgehead atoms. The maximum atomic E-state index is 12.0. The Morgan fingerprint density at radius 3 is 2.69 bits per heavy atom. The smallest absolute Gasteiger partial charge is 0.320 e. The van der Waals surface area contributed by atoms with Crippen molar-refractivity contribution in [2.45, 2.75) is 38.0 Å². The van der Waals surface area contributed by atoms with Crippen molar-refractivity contribution in [3.63, 3.8) is 0 Å². The van der Waals surface area contributed by atoms with Gasteiger partial charge in [-0.1, -0.05) is 18.9 Å². The predicted octanol–water partition coefficient (Wildman–Crippen LogP) is 3.45. The zero-order valence-corrected chi connectivity index (χ0v) is 15.3. The van der Waals surface area contributed by atoms with E-state index < -0.39 is 0 Å². The molecule has 0 unspecified atom stereocenters. The Morgan fingerprint density at radius 2 is 1.96 bits per heavy atom. The molecular formula is C19H26N4O3. The van der Waals surface area contributed by atoms with Crippen LogP contribution >= 0.6 is 0 Å². The van der Waals surface area contributed by atoms with Gasteiger partial charge in [0.05, 0.1) is 14.2 Å². The molecule has 140 valence electrons. The lowest BCUT2D eigenvalue weighted by atomic mass is 10.0. The Bertz CT molecular complexity index is 738. The molecule has 2 aromatic rings. The first-order valence-corrected chi connectivity index (χ1v) is 9.00. The van der Waals surface area contributed by atoms with Crippen LogP contribution in [0.25, 0.3) is 0 Å². The highest BCUT2D eigenvalue weighted by molar-refractivity contribution is 5.88. The summed E-state index contributed by atoms with van der Waals surface area (Å²) in [5.74, 6) is 2.49. The summed E-state index contributed by atoms with van der Waals surface area (Å²) in [6.07, 6.45) is 5.62. The van der Waals surface area contributed by atoms with Crippen LogP contribution in [0.1, 0.15) is 42.9 Å². The summed E-state index contributed by atoms with van der Waals surface area (Å²) in [7, 11) is 3.22. The van der Waals surface area contributed by atoms with E-state index in [2.05, 4.69) is 20.8 Å². The summed E-state index contributed by atoms with van der Waals surface area (Å²) in [5.41, 5.74) is 2.18. The minimum atomic E-state index is -0.255. The third kappa shape index (κ3) is 4.47. The third-order valence-corrected chi connectivity index (χ3v) is 4.78. The number of H-pyrrole nitrogens is 1. The van der Waals surface area contributed by atoms with Crippen LogP contribution in [0.3, 0.4) is 0 Å². The van der Waals surface area contributed by atoms with E-state index in [1.807, 2.05) is 24.3 Å². The Morgan fingerprint density at radius 1 is 1.19 bits per heavy atom. The molecule has 2 amide bonds. The molecule has 7 nitrogen and oxygen atoms in total. The lowest BCUT2D eigenvalue weighted by Crippen LogP contribution is -2.30. The first kappa shape index (κ1) is 18.1. The molecule has 1 aromatic heterocycles. The van der Waals surface area contributed by atoms with Crippen LogP contribution in [0.15, 0.2) is 24.3 Å². The van der Waals surface area contributed by atoms with Crippen molar-refractivity contribution in [3.8, 4) is 11.5 Å². The maximum absolute atomic E-state index is 12.0. The number of carbonyl (C=O) groups is 1. The monoisotopic (exact) mass is 358 g/mol. The number of nitrogens with one attached hydrogen (secondary N) is 3. The number of aromatic amines is 1. The van der Waals surface area contributed by atoms with E-state index >= 15 is 0 Å². The zero-order valence-electron chi connectivity index (χ0n) is 15.3. The summed E-state index contributed by atoms with van der Waals surface area (Å²) >= 11 is 0. The molecule has 1 aliphatic carbocycles. The standard InChI is InChI=1S/C19H26N4O3/c1-25-16-8-7-13(11-17(16)26-2)9-10-20-19(24)21-18-12-15(22-23-18)14-5-3-4-6-14/h7-8,11-12,14H,3-6,9-10H2,1-2H3,(H3,20,21,22,23,24). The van der Waals surface area contributed by atoms with Gasteiger partial charge in [0.2, 0.25) is 0 Å². The number of rotatable bonds is 7. The van der Waals surface area contributed by atoms with Crippen LogP contribution < -0.4 is 20.1 Å². The molecule has 3 N–H and O–H groups in total. The SMILES string of the molecule is COc1ccc(CCNC(=O)Nc2cc(C3CCCC3)[nH]n2)cc1OC. The number of ether oxygens (including phenoxy) is 2. The number of urea groups is 1. The highest BCUT2D eigenvalue weighted by Gasteiger charge is 2.19. The molecule has 1 saturated carbocycles. The highest BCUT2D eigenvalue weighted by atomic mass is 16.5. The van der Waals surface area contributed by atoms with E-state index in [0.29, 0.717) is 36.2 Å². The molecule has 1 fully saturated rings. The number of aromatic nitrogens is 2. The van der Waals surface area contributed by atoms with E-state index in [1.165, 1.54) is 25.7 Å². The van der Waals surface area contributed by atoms with Crippen molar-refractivity contribution in [2.24, 2.45) is 0 Å². The lowest BCUT2D eigenvalue weighted by molar-refractivity contribution is 0.252. The second-order valence-electron chi connectivity index (χ2n) is 6.51. The van der Waals surface area contributed by atoms with Crippen molar-refractivity contribution in [2.75, 3.05) is 26.1 Å². The molecule has 0 atom stereocenters. The number of hydrogen-bond acceptors (Lipinski definition) is 4. The first-order chi connectivity index (χ1) is 12.7. The summed E-state index contributed by atoms with van der Waals surface area (Å²) in [4.78, 5) is 12.0. The fraction of sp³-hybridized carbons (Fsp3) is 0.474. The number of carbonyl (C=O) groups excluding carboxylic acids is 1. The Balaban J connectivity index is 1.45. The van der Waals surface area contributed by atoms with Gasteiger partial charge in [0.25, 0.3) is 0 Å². The van der Waals surface area contributed by atoms with Crippen molar-refractivity contribution in [1.82, 2.24) is 15.5 Å². The van der Waals surface area contributed by atoms with Gasteiger partial charge in [-0.15, -0.1) is 0 Å². The summed E-state index contributed by atoms with van der Waals surface area (Å²) in [6, 6.07) is 7.42. The van der Waals surface area contributed by atoms with Crippen molar-refractivity contribution >= 4 is 11.8 Å². The van der Waals surface area contributed by atoms with Gasteiger partial charge in [-0.25, -0.2) is 4.79 Å². The third-order valence-electron chi connectivity index (χ3n) is 4.78. The van der Waals surface area contributed by atoms with Crippen molar-refractivity contribution in [1.29, 1.82) is 0 Å². The topological polar surface area (TPSA) is 88.3 Å². The van der Waals surface area contributed by atoms with E-state index in [-0.39, 0.29) is 6.03 Å². The van der Waals surface area contributed by atoms with E-state index in [1.54, 1.807) is 14.2 Å². The normalized spacial score (nSPS) is 14.2. The Kier molecular flexibility index (Phi) is 5.99. The van der Waals surface area contributed by atoms with Gasteiger partial charge in [0.15, 0.2) is 17.3 Å². The number of anilines is 1. The van der Waals surface area contributed by atoms with Gasteiger partial charge in [0.1, 0.15) is 0 Å². The summed E-state index contributed by atoms with van der Waals surface area (Å²) < 4.78 is 10.5. The van der Waals surface area contributed by atoms with Gasteiger partial charge < -0.3 is 14.8 Å². The van der Waals surface area contributed by atoms with Gasteiger partial charge >= 0.3 is 6.03 Å². The van der Waals surface area contributed by atoms with Gasteiger partial charge in [-0.05, 0) is 37.0 Å². The van der Waals surface area contributed by atoms with Crippen LogP contribution in [0.2, 0.25) is 0 Å². The van der Waals surface area contributed by atoms with Crippen LogP contribution in [0, 0.1) is 0 Å². The maximum Gasteiger partial charge on any atom is 0.320 e. The van der Waals surface area contributed by atoms with E-state index in [0.717, 1.165) is 11.3 Å².